The van der Waals surface area contributed by atoms with Gasteiger partial charge in [0.05, 0.1) is 10.6 Å². The van der Waals surface area contributed by atoms with Crippen LogP contribution in [-0.2, 0) is 6.42 Å². The minimum absolute atomic E-state index is 0.609. The molecule has 0 aliphatic rings. The smallest absolute Gasteiger partial charge is 0.0957 e. The molecular weight excluding hydrogens is 220 g/mol. The highest BCUT2D eigenvalue weighted by Crippen LogP contribution is 2.16. The van der Waals surface area contributed by atoms with E-state index in [1.807, 2.05) is 19.2 Å². The van der Waals surface area contributed by atoms with Crippen LogP contribution < -0.4 is 5.32 Å². The molecule has 0 bridgehead atoms. The van der Waals surface area contributed by atoms with Crippen LogP contribution in [0.3, 0.4) is 0 Å². The van der Waals surface area contributed by atoms with Crippen molar-refractivity contribution in [3.63, 3.8) is 0 Å². The molecule has 2 N–H and O–H groups in total. The third-order valence-electron chi connectivity index (χ3n) is 2.26. The Morgan fingerprint density at radius 2 is 2.25 bits per heavy atom. The van der Waals surface area contributed by atoms with Crippen molar-refractivity contribution < 1.29 is 5.11 Å². The van der Waals surface area contributed by atoms with E-state index in [1.165, 1.54) is 0 Å². The molecule has 1 unspecified atom stereocenters. The summed E-state index contributed by atoms with van der Waals surface area (Å²) in [6.45, 7) is 9.71. The lowest BCUT2D eigenvalue weighted by Gasteiger charge is -2.23. The van der Waals surface area contributed by atoms with Crippen molar-refractivity contribution in [2.75, 3.05) is 13.1 Å². The molecule has 1 heterocycles. The van der Waals surface area contributed by atoms with Crippen LogP contribution in [0.2, 0.25) is 0 Å². The highest BCUT2D eigenvalue weighted by Gasteiger charge is 2.22. The molecule has 0 fully saturated rings. The molecule has 1 aromatic heterocycles. The van der Waals surface area contributed by atoms with E-state index in [2.05, 4.69) is 24.1 Å². The highest BCUT2D eigenvalue weighted by molar-refractivity contribution is 7.09. The van der Waals surface area contributed by atoms with E-state index >= 15 is 0 Å². The molecule has 0 saturated carbocycles. The van der Waals surface area contributed by atoms with Gasteiger partial charge < -0.3 is 10.4 Å². The van der Waals surface area contributed by atoms with Crippen LogP contribution in [0.1, 0.15) is 31.5 Å². The zero-order valence-electron chi connectivity index (χ0n) is 10.6. The van der Waals surface area contributed by atoms with Crippen LogP contribution in [0.5, 0.6) is 0 Å². The van der Waals surface area contributed by atoms with E-state index in [1.54, 1.807) is 11.3 Å². The largest absolute Gasteiger partial charge is 0.388 e. The van der Waals surface area contributed by atoms with Gasteiger partial charge in [0.1, 0.15) is 0 Å². The Hall–Kier alpha value is -0.450. The zero-order valence-corrected chi connectivity index (χ0v) is 11.4. The van der Waals surface area contributed by atoms with Crippen molar-refractivity contribution in [1.82, 2.24) is 10.3 Å². The molecule has 0 amide bonds. The monoisotopic (exact) mass is 242 g/mol. The fourth-order valence-corrected chi connectivity index (χ4v) is 2.45. The topological polar surface area (TPSA) is 45.1 Å². The summed E-state index contributed by atoms with van der Waals surface area (Å²) in [5.74, 6) is 0.609. The fourth-order valence-electron chi connectivity index (χ4n) is 1.50. The molecule has 0 spiro atoms. The standard InChI is InChI=1S/C12H22N2OS/c1-9(2)6-13-8-12(4,15)5-11-14-10(3)7-16-11/h7,9,13,15H,5-6,8H2,1-4H3. The Labute approximate surface area is 102 Å². The van der Waals surface area contributed by atoms with Gasteiger partial charge in [-0.05, 0) is 26.3 Å². The molecule has 1 atom stereocenters. The number of aromatic nitrogens is 1. The molecular formula is C12H22N2OS. The van der Waals surface area contributed by atoms with Gasteiger partial charge >= 0.3 is 0 Å². The van der Waals surface area contributed by atoms with Crippen LogP contribution in [0.15, 0.2) is 5.38 Å². The molecule has 1 aromatic rings. The predicted octanol–water partition coefficient (Wildman–Crippen LogP) is 1.99. The number of nitrogens with zero attached hydrogens (tertiary/aromatic N) is 1. The summed E-state index contributed by atoms with van der Waals surface area (Å²) in [4.78, 5) is 4.37. The first-order chi connectivity index (χ1) is 7.39. The van der Waals surface area contributed by atoms with Gasteiger partial charge in [-0.25, -0.2) is 4.98 Å². The summed E-state index contributed by atoms with van der Waals surface area (Å²) in [5.41, 5.74) is 0.324. The highest BCUT2D eigenvalue weighted by atomic mass is 32.1. The molecule has 0 radical (unpaired) electrons. The maximum atomic E-state index is 10.2. The number of aliphatic hydroxyl groups is 1. The number of nitrogens with one attached hydrogen (secondary N) is 1. The summed E-state index contributed by atoms with van der Waals surface area (Å²) in [6, 6.07) is 0. The summed E-state index contributed by atoms with van der Waals surface area (Å²) in [5, 5.41) is 16.5. The Morgan fingerprint density at radius 1 is 1.56 bits per heavy atom. The van der Waals surface area contributed by atoms with Crippen LogP contribution in [0, 0.1) is 12.8 Å². The average Bonchev–Trinajstić information content (AvgIpc) is 2.48. The van der Waals surface area contributed by atoms with E-state index in [0.29, 0.717) is 18.9 Å². The molecule has 3 nitrogen and oxygen atoms in total. The predicted molar refractivity (Wildman–Crippen MR) is 68.9 cm³/mol. The van der Waals surface area contributed by atoms with E-state index < -0.39 is 5.60 Å². The summed E-state index contributed by atoms with van der Waals surface area (Å²) in [7, 11) is 0. The lowest BCUT2D eigenvalue weighted by Crippen LogP contribution is -2.40. The lowest BCUT2D eigenvalue weighted by atomic mass is 10.0. The molecule has 0 aliphatic heterocycles. The van der Waals surface area contributed by atoms with Gasteiger partial charge in [-0.3, -0.25) is 0 Å². The second-order valence-corrected chi connectivity index (χ2v) is 6.02. The molecule has 0 aliphatic carbocycles. The number of rotatable bonds is 6. The maximum Gasteiger partial charge on any atom is 0.0957 e. The van der Waals surface area contributed by atoms with Crippen molar-refractivity contribution in [2.24, 2.45) is 5.92 Å². The summed E-state index contributed by atoms with van der Waals surface area (Å²) < 4.78 is 0. The number of thiazole rings is 1. The molecule has 92 valence electrons. The van der Waals surface area contributed by atoms with Gasteiger partial charge in [-0.1, -0.05) is 13.8 Å². The van der Waals surface area contributed by atoms with E-state index in [4.69, 9.17) is 0 Å². The lowest BCUT2D eigenvalue weighted by molar-refractivity contribution is 0.0595. The van der Waals surface area contributed by atoms with Crippen molar-refractivity contribution in [3.8, 4) is 0 Å². The van der Waals surface area contributed by atoms with Gasteiger partial charge in [-0.15, -0.1) is 11.3 Å². The molecule has 0 aromatic carbocycles. The Morgan fingerprint density at radius 3 is 2.75 bits per heavy atom. The minimum atomic E-state index is -0.709. The van der Waals surface area contributed by atoms with Gasteiger partial charge in [-0.2, -0.15) is 0 Å². The fraction of sp³-hybridized carbons (Fsp3) is 0.750. The first-order valence-electron chi connectivity index (χ1n) is 5.73. The maximum absolute atomic E-state index is 10.2. The quantitative estimate of drug-likeness (QED) is 0.802. The average molecular weight is 242 g/mol. The van der Waals surface area contributed by atoms with Crippen molar-refractivity contribution in [1.29, 1.82) is 0 Å². The van der Waals surface area contributed by atoms with Crippen LogP contribution in [0.25, 0.3) is 0 Å². The number of hydrogen-bond donors (Lipinski definition) is 2. The molecule has 4 heteroatoms. The first kappa shape index (κ1) is 13.6. The van der Waals surface area contributed by atoms with Gasteiger partial charge in [0.2, 0.25) is 0 Å². The third kappa shape index (κ3) is 5.05. The second-order valence-electron chi connectivity index (χ2n) is 5.08. The summed E-state index contributed by atoms with van der Waals surface area (Å²) in [6.07, 6.45) is 0.622. The van der Waals surface area contributed by atoms with Crippen molar-refractivity contribution in [2.45, 2.75) is 39.7 Å². The normalized spacial score (nSPS) is 15.4. The third-order valence-corrected chi connectivity index (χ3v) is 3.22. The van der Waals surface area contributed by atoms with Gasteiger partial charge in [0.15, 0.2) is 0 Å². The van der Waals surface area contributed by atoms with E-state index in [0.717, 1.165) is 17.2 Å². The van der Waals surface area contributed by atoms with Crippen molar-refractivity contribution >= 4 is 11.3 Å². The van der Waals surface area contributed by atoms with Gasteiger partial charge in [0.25, 0.3) is 0 Å². The number of hydrogen-bond acceptors (Lipinski definition) is 4. The zero-order chi connectivity index (χ0) is 12.2. The number of aryl methyl sites for hydroxylation is 1. The molecule has 16 heavy (non-hydrogen) atoms. The van der Waals surface area contributed by atoms with Crippen molar-refractivity contribution in [3.05, 3.63) is 16.1 Å². The summed E-state index contributed by atoms with van der Waals surface area (Å²) >= 11 is 1.62. The SMILES string of the molecule is Cc1csc(CC(C)(O)CNCC(C)C)n1. The van der Waals surface area contributed by atoms with Gasteiger partial charge in [0, 0.05) is 24.0 Å². The van der Waals surface area contributed by atoms with E-state index in [-0.39, 0.29) is 0 Å². The Balaban J connectivity index is 2.39. The van der Waals surface area contributed by atoms with Crippen LogP contribution in [0.4, 0.5) is 0 Å². The molecule has 0 saturated heterocycles. The van der Waals surface area contributed by atoms with E-state index in [9.17, 15) is 5.11 Å². The minimum Gasteiger partial charge on any atom is -0.388 e. The molecule has 1 rings (SSSR count). The van der Waals surface area contributed by atoms with Crippen LogP contribution in [-0.4, -0.2) is 28.8 Å². The second kappa shape index (κ2) is 5.75. The first-order valence-corrected chi connectivity index (χ1v) is 6.61. The Bertz CT molecular complexity index is 321. The Kier molecular flexibility index (Phi) is 4.89. The van der Waals surface area contributed by atoms with Crippen LogP contribution >= 0.6 is 11.3 Å².